The molecule has 0 aromatic heterocycles. The first kappa shape index (κ1) is 20.9. The van der Waals surface area contributed by atoms with E-state index in [1.54, 1.807) is 39.0 Å². The monoisotopic (exact) mass is 418 g/mol. The molecule has 0 N–H and O–H groups in total. The summed E-state index contributed by atoms with van der Waals surface area (Å²) < 4.78 is 32.8. The van der Waals surface area contributed by atoms with Crippen LogP contribution in [0.5, 0.6) is 0 Å². The van der Waals surface area contributed by atoms with E-state index in [-0.39, 0.29) is 10.6 Å². The molecule has 3 atom stereocenters. The molecule has 0 aliphatic carbocycles. The molecular formula is C20H22N2O6S. The van der Waals surface area contributed by atoms with Crippen LogP contribution in [-0.4, -0.2) is 35.3 Å². The van der Waals surface area contributed by atoms with Crippen LogP contribution in [0.3, 0.4) is 0 Å². The lowest BCUT2D eigenvalue weighted by molar-refractivity contribution is -0.384. The van der Waals surface area contributed by atoms with Crippen molar-refractivity contribution in [2.45, 2.75) is 50.3 Å². The van der Waals surface area contributed by atoms with Gasteiger partial charge in [0, 0.05) is 12.1 Å². The number of sulfonamides is 1. The Balaban J connectivity index is 2.02. The second kappa shape index (κ2) is 7.23. The normalized spacial score (nSPS) is 21.4. The van der Waals surface area contributed by atoms with Gasteiger partial charge in [0.25, 0.3) is 5.69 Å². The van der Waals surface area contributed by atoms with Gasteiger partial charge in [0.05, 0.1) is 15.9 Å². The number of non-ortho nitro benzene ring substituents is 1. The maximum absolute atomic E-state index is 13.2. The van der Waals surface area contributed by atoms with E-state index in [0.29, 0.717) is 5.56 Å². The van der Waals surface area contributed by atoms with Crippen molar-refractivity contribution in [3.63, 3.8) is 0 Å². The summed E-state index contributed by atoms with van der Waals surface area (Å²) in [5.74, 6) is -0.690. The number of rotatable bonds is 5. The summed E-state index contributed by atoms with van der Waals surface area (Å²) in [6.07, 6.45) is 0. The van der Waals surface area contributed by atoms with E-state index in [1.807, 2.05) is 6.92 Å². The van der Waals surface area contributed by atoms with Crippen LogP contribution in [0.15, 0.2) is 53.4 Å². The third-order valence-corrected chi connectivity index (χ3v) is 6.30. The number of esters is 1. The molecule has 9 heteroatoms. The highest BCUT2D eigenvalue weighted by molar-refractivity contribution is 7.89. The first-order chi connectivity index (χ1) is 13.4. The minimum Gasteiger partial charge on any atom is -0.459 e. The van der Waals surface area contributed by atoms with Crippen LogP contribution >= 0.6 is 0 Å². The molecule has 1 fully saturated rings. The number of nitro benzene ring substituents is 1. The molecule has 0 amide bonds. The largest absolute Gasteiger partial charge is 0.459 e. The van der Waals surface area contributed by atoms with Gasteiger partial charge in [-0.05, 0) is 45.4 Å². The van der Waals surface area contributed by atoms with E-state index in [4.69, 9.17) is 4.74 Å². The summed E-state index contributed by atoms with van der Waals surface area (Å²) in [6, 6.07) is 9.97. The van der Waals surface area contributed by atoms with Gasteiger partial charge in [0.1, 0.15) is 11.6 Å². The second-order valence-electron chi connectivity index (χ2n) is 7.92. The van der Waals surface area contributed by atoms with Crippen LogP contribution in [0, 0.1) is 17.0 Å². The second-order valence-corrected chi connectivity index (χ2v) is 9.77. The van der Waals surface area contributed by atoms with Crippen LogP contribution in [0.25, 0.3) is 0 Å². The summed E-state index contributed by atoms with van der Waals surface area (Å²) in [5.41, 5.74) is 0.288. The van der Waals surface area contributed by atoms with E-state index in [2.05, 4.69) is 0 Å². The smallest absolute Gasteiger partial charge is 0.327 e. The molecule has 1 unspecified atom stereocenters. The van der Waals surface area contributed by atoms with Gasteiger partial charge in [-0.3, -0.25) is 14.9 Å². The predicted octanol–water partition coefficient (Wildman–Crippen LogP) is 3.36. The highest BCUT2D eigenvalue weighted by Gasteiger charge is 2.62. The molecule has 1 aliphatic heterocycles. The van der Waals surface area contributed by atoms with Gasteiger partial charge in [0.2, 0.25) is 10.0 Å². The number of hydrogen-bond acceptors (Lipinski definition) is 6. The lowest BCUT2D eigenvalue weighted by Gasteiger charge is -2.19. The summed E-state index contributed by atoms with van der Waals surface area (Å²) in [7, 11) is -4.00. The third kappa shape index (κ3) is 4.30. The maximum Gasteiger partial charge on any atom is 0.327 e. The van der Waals surface area contributed by atoms with E-state index in [0.717, 1.165) is 9.87 Å². The fourth-order valence-corrected chi connectivity index (χ4v) is 4.79. The number of hydrogen-bond donors (Lipinski definition) is 0. The fourth-order valence-electron chi connectivity index (χ4n) is 3.09. The molecule has 1 aliphatic rings. The SMILES string of the molecule is Cc1ccc(S(=O)(=O)N2[C@H](C(=O)OC(C)(C)C)[C@H]2c2cccc([N+](=O)[O-])c2)cc1. The van der Waals surface area contributed by atoms with Crippen molar-refractivity contribution in [2.24, 2.45) is 0 Å². The first-order valence-electron chi connectivity index (χ1n) is 8.99. The molecular weight excluding hydrogens is 396 g/mol. The highest BCUT2D eigenvalue weighted by atomic mass is 32.2. The molecule has 8 nitrogen and oxygen atoms in total. The standard InChI is InChI=1S/C20H22N2O6S/c1-13-8-10-16(11-9-13)29(26,27)21-17(18(21)19(23)28-20(2,3)4)14-6-5-7-15(12-14)22(24)25/h5-12,17-18H,1-4H3/t17-,18+,21?/m1/s1. The molecule has 0 spiro atoms. The molecule has 154 valence electrons. The van der Waals surface area contributed by atoms with Crippen molar-refractivity contribution in [3.05, 3.63) is 69.8 Å². The van der Waals surface area contributed by atoms with E-state index < -0.39 is 38.6 Å². The van der Waals surface area contributed by atoms with Crippen molar-refractivity contribution >= 4 is 21.7 Å². The molecule has 1 heterocycles. The van der Waals surface area contributed by atoms with Gasteiger partial charge in [-0.2, -0.15) is 4.31 Å². The van der Waals surface area contributed by atoms with Crippen molar-refractivity contribution in [3.8, 4) is 0 Å². The van der Waals surface area contributed by atoms with Gasteiger partial charge in [0.15, 0.2) is 0 Å². The van der Waals surface area contributed by atoms with Crippen molar-refractivity contribution in [1.29, 1.82) is 0 Å². The molecule has 3 rings (SSSR count). The average Bonchev–Trinajstić information content (AvgIpc) is 3.37. The third-order valence-electron chi connectivity index (χ3n) is 4.42. The van der Waals surface area contributed by atoms with Crippen LogP contribution in [0.4, 0.5) is 5.69 Å². The zero-order valence-corrected chi connectivity index (χ0v) is 17.3. The van der Waals surface area contributed by atoms with Crippen LogP contribution in [0.2, 0.25) is 0 Å². The number of nitrogens with zero attached hydrogens (tertiary/aromatic N) is 2. The van der Waals surface area contributed by atoms with E-state index >= 15 is 0 Å². The minimum atomic E-state index is -4.00. The first-order valence-corrected chi connectivity index (χ1v) is 10.4. The Hall–Kier alpha value is -2.78. The number of nitro groups is 1. The minimum absolute atomic E-state index is 0.0459. The Labute approximate surface area is 169 Å². The lowest BCUT2D eigenvalue weighted by atomic mass is 10.1. The molecule has 1 saturated heterocycles. The van der Waals surface area contributed by atoms with Crippen molar-refractivity contribution in [2.75, 3.05) is 0 Å². The van der Waals surface area contributed by atoms with Gasteiger partial charge in [-0.25, -0.2) is 8.42 Å². The molecule has 29 heavy (non-hydrogen) atoms. The van der Waals surface area contributed by atoms with Crippen LogP contribution in [-0.2, 0) is 19.6 Å². The highest BCUT2D eigenvalue weighted by Crippen LogP contribution is 2.49. The molecule has 2 aromatic carbocycles. The quantitative estimate of drug-likeness (QED) is 0.319. The zero-order chi connectivity index (χ0) is 21.6. The number of carbonyl (C=O) groups excluding carboxylic acids is 1. The molecule has 0 saturated carbocycles. The predicted molar refractivity (Wildman–Crippen MR) is 106 cm³/mol. The summed E-state index contributed by atoms with van der Waals surface area (Å²) in [6.45, 7) is 6.90. The maximum atomic E-state index is 13.2. The lowest BCUT2D eigenvalue weighted by Crippen LogP contribution is -2.29. The molecule has 2 aromatic rings. The average molecular weight is 418 g/mol. The van der Waals surface area contributed by atoms with Gasteiger partial charge in [-0.1, -0.05) is 29.8 Å². The van der Waals surface area contributed by atoms with Crippen molar-refractivity contribution < 1.29 is 22.9 Å². The van der Waals surface area contributed by atoms with Crippen LogP contribution < -0.4 is 0 Å². The van der Waals surface area contributed by atoms with Crippen molar-refractivity contribution in [1.82, 2.24) is 4.31 Å². The van der Waals surface area contributed by atoms with E-state index in [1.165, 1.54) is 30.3 Å². The zero-order valence-electron chi connectivity index (χ0n) is 16.5. The Morgan fingerprint density at radius 3 is 2.31 bits per heavy atom. The number of carbonyl (C=O) groups is 1. The van der Waals surface area contributed by atoms with Gasteiger partial charge in [-0.15, -0.1) is 0 Å². The van der Waals surface area contributed by atoms with Gasteiger partial charge < -0.3 is 4.74 Å². The molecule has 0 bridgehead atoms. The Morgan fingerprint density at radius 2 is 1.76 bits per heavy atom. The van der Waals surface area contributed by atoms with Crippen LogP contribution in [0.1, 0.15) is 37.9 Å². The summed E-state index contributed by atoms with van der Waals surface area (Å²) in [4.78, 5) is 23.3. The number of ether oxygens (including phenoxy) is 1. The Morgan fingerprint density at radius 1 is 1.14 bits per heavy atom. The van der Waals surface area contributed by atoms with E-state index in [9.17, 15) is 23.3 Å². The summed E-state index contributed by atoms with van der Waals surface area (Å²) >= 11 is 0. The Kier molecular flexibility index (Phi) is 5.22. The number of aryl methyl sites for hydroxylation is 1. The fraction of sp³-hybridized carbons (Fsp3) is 0.350. The topological polar surface area (TPSA) is 107 Å². The Bertz CT molecular complexity index is 1060. The van der Waals surface area contributed by atoms with Gasteiger partial charge >= 0.3 is 5.97 Å². The number of benzene rings is 2. The molecule has 0 radical (unpaired) electrons. The summed E-state index contributed by atoms with van der Waals surface area (Å²) in [5, 5.41) is 11.1.